The van der Waals surface area contributed by atoms with E-state index in [1.54, 1.807) is 0 Å². The summed E-state index contributed by atoms with van der Waals surface area (Å²) in [6, 6.07) is 6.35. The summed E-state index contributed by atoms with van der Waals surface area (Å²) < 4.78 is 20.1. The van der Waals surface area contributed by atoms with Crippen LogP contribution in [0.1, 0.15) is 30.5 Å². The molecule has 3 aromatic rings. The number of piperazine rings is 1. The molecule has 0 spiro atoms. The Morgan fingerprint density at radius 3 is 2.86 bits per heavy atom. The van der Waals surface area contributed by atoms with Crippen molar-refractivity contribution in [3.63, 3.8) is 0 Å². The fourth-order valence-electron chi connectivity index (χ4n) is 6.44. The molecular formula is C30H36FN9O2. The van der Waals surface area contributed by atoms with Gasteiger partial charge in [0.1, 0.15) is 18.5 Å². The Balaban J connectivity index is 1.34. The fraction of sp³-hybridized carbons (Fsp3) is 0.500. The molecule has 220 valence electrons. The van der Waals surface area contributed by atoms with Crippen LogP contribution in [0.3, 0.4) is 0 Å². The number of fused-ring (bicyclic) bond motifs is 2. The number of carbonyl (C=O) groups is 1. The molecule has 2 fully saturated rings. The van der Waals surface area contributed by atoms with E-state index in [-0.39, 0.29) is 13.1 Å². The van der Waals surface area contributed by atoms with Gasteiger partial charge in [-0.2, -0.15) is 15.1 Å². The van der Waals surface area contributed by atoms with Gasteiger partial charge in [0.2, 0.25) is 6.54 Å². The Kier molecular flexibility index (Phi) is 7.93. The SMILES string of the molecule is [C-]#[N+]C[C@H]1CN(c2nc(OC[C@@H]3CCCN3C)nc3c2CCCN(c2cccc4[nH]ncc24)C3)CCN1C(=O)C(=C)F. The second kappa shape index (κ2) is 11.9. The first-order valence-electron chi connectivity index (χ1n) is 14.6. The highest BCUT2D eigenvalue weighted by molar-refractivity contribution is 5.92. The van der Waals surface area contributed by atoms with Crippen molar-refractivity contribution in [1.82, 2.24) is 30.0 Å². The molecule has 0 aliphatic carbocycles. The van der Waals surface area contributed by atoms with Gasteiger partial charge >= 0.3 is 6.01 Å². The fourth-order valence-corrected chi connectivity index (χ4v) is 6.44. The molecule has 3 aliphatic rings. The largest absolute Gasteiger partial charge is 0.462 e. The number of amides is 1. The number of hydrogen-bond donors (Lipinski definition) is 1. The highest BCUT2D eigenvalue weighted by Crippen LogP contribution is 2.34. The Morgan fingerprint density at radius 2 is 2.07 bits per heavy atom. The third-order valence-corrected chi connectivity index (χ3v) is 8.70. The molecule has 2 atom stereocenters. The van der Waals surface area contributed by atoms with Gasteiger partial charge in [0.05, 0.1) is 24.0 Å². The number of ether oxygens (including phenoxy) is 1. The van der Waals surface area contributed by atoms with Gasteiger partial charge in [0, 0.05) is 48.9 Å². The quantitative estimate of drug-likeness (QED) is 0.340. The number of nitrogens with one attached hydrogen (secondary N) is 1. The minimum atomic E-state index is -1.00. The smallest absolute Gasteiger partial charge is 0.318 e. The van der Waals surface area contributed by atoms with Crippen molar-refractivity contribution >= 4 is 28.3 Å². The van der Waals surface area contributed by atoms with Crippen molar-refractivity contribution in [2.75, 3.05) is 62.7 Å². The number of nitrogens with zero attached hydrogens (tertiary/aromatic N) is 8. The predicted molar refractivity (Wildman–Crippen MR) is 158 cm³/mol. The highest BCUT2D eigenvalue weighted by Gasteiger charge is 2.36. The number of carbonyl (C=O) groups excluding carboxylic acids is 1. The third-order valence-electron chi connectivity index (χ3n) is 8.70. The number of benzene rings is 1. The van der Waals surface area contributed by atoms with Crippen LogP contribution in [-0.4, -0.2) is 101 Å². The van der Waals surface area contributed by atoms with E-state index in [1.165, 1.54) is 4.90 Å². The maximum Gasteiger partial charge on any atom is 0.318 e. The molecule has 1 aromatic carbocycles. The molecule has 5 heterocycles. The van der Waals surface area contributed by atoms with Crippen molar-refractivity contribution in [3.05, 3.63) is 59.5 Å². The van der Waals surface area contributed by atoms with Crippen molar-refractivity contribution in [3.8, 4) is 6.01 Å². The van der Waals surface area contributed by atoms with Crippen LogP contribution in [0.15, 0.2) is 36.8 Å². The van der Waals surface area contributed by atoms with Gasteiger partial charge < -0.3 is 29.2 Å². The van der Waals surface area contributed by atoms with Gasteiger partial charge in [-0.25, -0.2) is 11.0 Å². The van der Waals surface area contributed by atoms with E-state index in [9.17, 15) is 9.18 Å². The van der Waals surface area contributed by atoms with Crippen molar-refractivity contribution < 1.29 is 13.9 Å². The van der Waals surface area contributed by atoms with Crippen LogP contribution in [0.5, 0.6) is 6.01 Å². The summed E-state index contributed by atoms with van der Waals surface area (Å²) in [5.74, 6) is -0.979. The highest BCUT2D eigenvalue weighted by atomic mass is 19.1. The minimum Gasteiger partial charge on any atom is -0.462 e. The third kappa shape index (κ3) is 5.48. The lowest BCUT2D eigenvalue weighted by Crippen LogP contribution is -2.56. The number of hydrogen-bond acceptors (Lipinski definition) is 8. The molecule has 1 amide bonds. The van der Waals surface area contributed by atoms with Gasteiger partial charge in [-0.3, -0.25) is 9.89 Å². The number of aromatic amines is 1. The summed E-state index contributed by atoms with van der Waals surface area (Å²) in [4.78, 5) is 34.1. The first-order chi connectivity index (χ1) is 20.4. The predicted octanol–water partition coefficient (Wildman–Crippen LogP) is 3.20. The van der Waals surface area contributed by atoms with Crippen LogP contribution in [-0.2, 0) is 17.8 Å². The Morgan fingerprint density at radius 1 is 1.19 bits per heavy atom. The summed E-state index contributed by atoms with van der Waals surface area (Å²) in [5, 5.41) is 8.37. The molecule has 1 N–H and O–H groups in total. The standard InChI is InChI=1S/C30H36FN9O2/c1-20(31)29(41)40-14-13-39(17-22(40)15-32-2)28-23-8-6-12-38(27-10-4-9-25-24(27)16-33-36-25)18-26(23)34-30(35-28)42-19-21-7-5-11-37(21)3/h4,9-10,16,21-22H,1,5-8,11-15,17-19H2,3H3,(H,33,36)/t21-,22-/m0/s1. The average Bonchev–Trinajstić information content (AvgIpc) is 3.58. The number of rotatable bonds is 7. The Hall–Kier alpha value is -4.24. The lowest BCUT2D eigenvalue weighted by atomic mass is 10.1. The molecule has 0 saturated carbocycles. The molecule has 0 bridgehead atoms. The number of anilines is 2. The Labute approximate surface area is 244 Å². The van der Waals surface area contributed by atoms with E-state index in [0.717, 1.165) is 72.4 Å². The lowest BCUT2D eigenvalue weighted by Gasteiger charge is -2.40. The molecule has 42 heavy (non-hydrogen) atoms. The van der Waals surface area contributed by atoms with E-state index in [2.05, 4.69) is 49.4 Å². The van der Waals surface area contributed by atoms with Gasteiger partial charge in [-0.05, 0) is 51.4 Å². The molecular weight excluding hydrogens is 537 g/mol. The topological polar surface area (TPSA) is 98.1 Å². The van der Waals surface area contributed by atoms with Crippen LogP contribution in [0.4, 0.5) is 15.9 Å². The normalized spacial score (nSPS) is 21.2. The van der Waals surface area contributed by atoms with E-state index >= 15 is 0 Å². The van der Waals surface area contributed by atoms with Crippen molar-refractivity contribution in [2.24, 2.45) is 0 Å². The van der Waals surface area contributed by atoms with Gasteiger partial charge in [0.15, 0.2) is 5.83 Å². The zero-order chi connectivity index (χ0) is 29.2. The van der Waals surface area contributed by atoms with Gasteiger partial charge in [0.25, 0.3) is 5.91 Å². The van der Waals surface area contributed by atoms with E-state index in [0.29, 0.717) is 38.3 Å². The van der Waals surface area contributed by atoms with Crippen molar-refractivity contribution in [2.45, 2.75) is 44.3 Å². The number of likely N-dealkylation sites (N-methyl/N-ethyl adjacent to an activating group) is 1. The van der Waals surface area contributed by atoms with Crippen LogP contribution in [0.2, 0.25) is 0 Å². The maximum absolute atomic E-state index is 13.8. The minimum absolute atomic E-state index is 0.0721. The van der Waals surface area contributed by atoms with Crippen LogP contribution >= 0.6 is 0 Å². The van der Waals surface area contributed by atoms with Crippen LogP contribution < -0.4 is 14.5 Å². The lowest BCUT2D eigenvalue weighted by molar-refractivity contribution is -0.131. The average molecular weight is 574 g/mol. The zero-order valence-corrected chi connectivity index (χ0v) is 23.9. The summed E-state index contributed by atoms with van der Waals surface area (Å²) in [7, 11) is 2.11. The summed E-state index contributed by atoms with van der Waals surface area (Å²) >= 11 is 0. The molecule has 3 aliphatic heterocycles. The summed E-state index contributed by atoms with van der Waals surface area (Å²) in [5.41, 5.74) is 4.04. The van der Waals surface area contributed by atoms with E-state index in [4.69, 9.17) is 21.3 Å². The number of likely N-dealkylation sites (tertiary alicyclic amines) is 1. The monoisotopic (exact) mass is 573 g/mol. The summed E-state index contributed by atoms with van der Waals surface area (Å²) in [6.07, 6.45) is 5.76. The zero-order valence-electron chi connectivity index (χ0n) is 23.9. The van der Waals surface area contributed by atoms with Crippen LogP contribution in [0, 0.1) is 6.57 Å². The molecule has 11 nitrogen and oxygen atoms in total. The first-order valence-corrected chi connectivity index (χ1v) is 14.6. The number of aromatic nitrogens is 4. The second-order valence-electron chi connectivity index (χ2n) is 11.3. The van der Waals surface area contributed by atoms with Crippen molar-refractivity contribution in [1.29, 1.82) is 0 Å². The first kappa shape index (κ1) is 27.9. The molecule has 6 rings (SSSR count). The molecule has 2 aromatic heterocycles. The van der Waals surface area contributed by atoms with Gasteiger partial charge in [-0.1, -0.05) is 12.6 Å². The molecule has 12 heteroatoms. The van der Waals surface area contributed by atoms with E-state index in [1.807, 2.05) is 18.3 Å². The number of H-pyrrole nitrogens is 1. The molecule has 0 unspecified atom stereocenters. The van der Waals surface area contributed by atoms with Crippen LogP contribution in [0.25, 0.3) is 15.7 Å². The maximum atomic E-state index is 13.8. The molecule has 2 saturated heterocycles. The van der Waals surface area contributed by atoms with E-state index < -0.39 is 17.8 Å². The second-order valence-corrected chi connectivity index (χ2v) is 11.3. The molecule has 0 radical (unpaired) electrons. The summed E-state index contributed by atoms with van der Waals surface area (Å²) in [6.45, 7) is 14.8. The number of halogens is 1. The Bertz CT molecular complexity index is 1520. The van der Waals surface area contributed by atoms with Gasteiger partial charge in [-0.15, -0.1) is 0 Å².